The lowest BCUT2D eigenvalue weighted by Crippen LogP contribution is -2.47. The van der Waals surface area contributed by atoms with E-state index in [4.69, 9.17) is 18.0 Å². The number of carbonyl (C=O) groups excluding carboxylic acids is 1. The molecule has 106 valence electrons. The first kappa shape index (κ1) is 13.3. The average molecular weight is 280 g/mol. The molecule has 0 spiro atoms. The van der Waals surface area contributed by atoms with Gasteiger partial charge in [0.2, 0.25) is 5.91 Å². The molecule has 0 heterocycles. The van der Waals surface area contributed by atoms with E-state index in [1.807, 2.05) is 4.90 Å². The quantitative estimate of drug-likeness (QED) is 0.805. The second kappa shape index (κ2) is 5.39. The Morgan fingerprint density at radius 3 is 2.42 bits per heavy atom. The van der Waals surface area contributed by atoms with Crippen molar-refractivity contribution in [3.63, 3.8) is 0 Å². The van der Waals surface area contributed by atoms with Crippen LogP contribution in [0.25, 0.3) is 0 Å². The van der Waals surface area contributed by atoms with Gasteiger partial charge in [-0.05, 0) is 43.9 Å². The summed E-state index contributed by atoms with van der Waals surface area (Å²) in [5.41, 5.74) is 5.71. The normalized spacial score (nSPS) is 33.8. The Labute approximate surface area is 120 Å². The van der Waals surface area contributed by atoms with Gasteiger partial charge < -0.3 is 10.6 Å². The van der Waals surface area contributed by atoms with Crippen LogP contribution in [-0.4, -0.2) is 28.4 Å². The number of carbonyl (C=O) groups is 1. The van der Waals surface area contributed by atoms with Gasteiger partial charge in [0, 0.05) is 12.0 Å². The average Bonchev–Trinajstić information content (AvgIpc) is 3.10. The van der Waals surface area contributed by atoms with Crippen LogP contribution in [0.4, 0.5) is 0 Å². The molecule has 2 bridgehead atoms. The number of fused-ring (bicyclic) bond motifs is 2. The first-order chi connectivity index (χ1) is 9.15. The van der Waals surface area contributed by atoms with E-state index in [1.165, 1.54) is 32.1 Å². The molecule has 3 aliphatic rings. The molecule has 2 N–H and O–H groups in total. The van der Waals surface area contributed by atoms with Gasteiger partial charge in [0.25, 0.3) is 0 Å². The van der Waals surface area contributed by atoms with Crippen molar-refractivity contribution < 1.29 is 4.79 Å². The topological polar surface area (TPSA) is 46.3 Å². The van der Waals surface area contributed by atoms with Crippen molar-refractivity contribution in [3.05, 3.63) is 0 Å². The highest BCUT2D eigenvalue weighted by atomic mass is 32.1. The summed E-state index contributed by atoms with van der Waals surface area (Å²) in [6.45, 7) is 0.493. The highest BCUT2D eigenvalue weighted by Gasteiger charge is 2.45. The summed E-state index contributed by atoms with van der Waals surface area (Å²) in [5.74, 6) is 2.09. The third-order valence-corrected chi connectivity index (χ3v) is 5.56. The van der Waals surface area contributed by atoms with E-state index in [-0.39, 0.29) is 5.92 Å². The van der Waals surface area contributed by atoms with E-state index < -0.39 is 0 Å². The van der Waals surface area contributed by atoms with E-state index in [2.05, 4.69) is 0 Å². The molecule has 0 aromatic heterocycles. The minimum atomic E-state index is 0.272. The smallest absolute Gasteiger partial charge is 0.226 e. The maximum atomic E-state index is 12.9. The van der Waals surface area contributed by atoms with E-state index in [1.54, 1.807) is 0 Å². The summed E-state index contributed by atoms with van der Waals surface area (Å²) in [4.78, 5) is 15.4. The third kappa shape index (κ3) is 2.64. The van der Waals surface area contributed by atoms with Crippen molar-refractivity contribution in [3.8, 4) is 0 Å². The fourth-order valence-electron chi connectivity index (χ4n) is 4.53. The zero-order valence-electron chi connectivity index (χ0n) is 11.5. The maximum absolute atomic E-state index is 12.9. The minimum Gasteiger partial charge on any atom is -0.392 e. The largest absolute Gasteiger partial charge is 0.392 e. The van der Waals surface area contributed by atoms with Crippen LogP contribution in [0.3, 0.4) is 0 Å². The molecule has 0 aromatic carbocycles. The second-order valence-electron chi connectivity index (χ2n) is 6.65. The molecule has 3 rings (SSSR count). The number of nitrogens with two attached hydrogens (primary N) is 1. The molecule has 3 fully saturated rings. The molecule has 4 heteroatoms. The highest BCUT2D eigenvalue weighted by Crippen LogP contribution is 2.49. The van der Waals surface area contributed by atoms with E-state index in [9.17, 15) is 4.79 Å². The lowest BCUT2D eigenvalue weighted by Gasteiger charge is -2.33. The Morgan fingerprint density at radius 1 is 1.16 bits per heavy atom. The van der Waals surface area contributed by atoms with Crippen LogP contribution in [0.2, 0.25) is 0 Å². The molecule has 3 atom stereocenters. The number of thiocarbonyl (C=S) groups is 1. The summed E-state index contributed by atoms with van der Waals surface area (Å²) < 4.78 is 0. The highest BCUT2D eigenvalue weighted by molar-refractivity contribution is 7.80. The zero-order chi connectivity index (χ0) is 13.4. The molecular weight excluding hydrogens is 256 g/mol. The fraction of sp³-hybridized carbons (Fsp3) is 0.867. The van der Waals surface area contributed by atoms with Crippen LogP contribution in [0.1, 0.15) is 51.4 Å². The van der Waals surface area contributed by atoms with Gasteiger partial charge in [0.05, 0.1) is 11.5 Å². The molecule has 3 nitrogen and oxygen atoms in total. The molecule has 0 aromatic rings. The van der Waals surface area contributed by atoms with E-state index >= 15 is 0 Å². The van der Waals surface area contributed by atoms with Crippen molar-refractivity contribution in [1.82, 2.24) is 4.90 Å². The van der Waals surface area contributed by atoms with Gasteiger partial charge in [0.1, 0.15) is 0 Å². The predicted octanol–water partition coefficient (Wildman–Crippen LogP) is 2.48. The Bertz CT molecular complexity index is 378. The molecule has 0 saturated heterocycles. The summed E-state index contributed by atoms with van der Waals surface area (Å²) in [6, 6.07) is 0.396. The number of hydrogen-bond donors (Lipinski definition) is 1. The monoisotopic (exact) mass is 280 g/mol. The van der Waals surface area contributed by atoms with Crippen molar-refractivity contribution in [2.24, 2.45) is 23.5 Å². The van der Waals surface area contributed by atoms with Crippen LogP contribution in [0.15, 0.2) is 0 Å². The van der Waals surface area contributed by atoms with Crippen molar-refractivity contribution in [2.75, 3.05) is 6.54 Å². The number of rotatable bonds is 4. The molecule has 1 amide bonds. The second-order valence-corrected chi connectivity index (χ2v) is 7.18. The van der Waals surface area contributed by atoms with Crippen molar-refractivity contribution >= 4 is 23.1 Å². The third-order valence-electron chi connectivity index (χ3n) is 5.43. The molecule has 3 unspecified atom stereocenters. The fourth-order valence-corrected chi connectivity index (χ4v) is 4.67. The van der Waals surface area contributed by atoms with Gasteiger partial charge in [-0.3, -0.25) is 4.79 Å². The van der Waals surface area contributed by atoms with Crippen LogP contribution >= 0.6 is 12.2 Å². The van der Waals surface area contributed by atoms with Crippen LogP contribution in [-0.2, 0) is 4.79 Å². The number of nitrogens with zero attached hydrogens (tertiary/aromatic N) is 1. The minimum absolute atomic E-state index is 0.272. The van der Waals surface area contributed by atoms with E-state index in [0.29, 0.717) is 29.4 Å². The van der Waals surface area contributed by atoms with Gasteiger partial charge in [-0.25, -0.2) is 0 Å². The molecule has 0 radical (unpaired) electrons. The van der Waals surface area contributed by atoms with Gasteiger partial charge in [0.15, 0.2) is 0 Å². The van der Waals surface area contributed by atoms with Crippen LogP contribution < -0.4 is 5.73 Å². The summed E-state index contributed by atoms with van der Waals surface area (Å²) in [5, 5.41) is 0. The Hall–Kier alpha value is -0.640. The summed E-state index contributed by atoms with van der Waals surface area (Å²) in [7, 11) is 0. The molecule has 3 aliphatic carbocycles. The molecule has 19 heavy (non-hydrogen) atoms. The van der Waals surface area contributed by atoms with Crippen LogP contribution in [0, 0.1) is 17.8 Å². The summed E-state index contributed by atoms with van der Waals surface area (Å²) in [6.07, 6.45) is 9.74. The van der Waals surface area contributed by atoms with Crippen LogP contribution in [0.5, 0.6) is 0 Å². The first-order valence-corrected chi connectivity index (χ1v) is 8.14. The molecule has 3 saturated carbocycles. The maximum Gasteiger partial charge on any atom is 0.226 e. The van der Waals surface area contributed by atoms with Gasteiger partial charge in [-0.1, -0.05) is 31.5 Å². The van der Waals surface area contributed by atoms with Crippen molar-refractivity contribution in [1.29, 1.82) is 0 Å². The molecular formula is C15H24N2OS. The van der Waals surface area contributed by atoms with E-state index in [0.717, 1.165) is 25.2 Å². The number of hydrogen-bond acceptors (Lipinski definition) is 2. The first-order valence-electron chi connectivity index (χ1n) is 7.74. The Morgan fingerprint density at radius 2 is 1.89 bits per heavy atom. The lowest BCUT2D eigenvalue weighted by atomic mass is 9.87. The van der Waals surface area contributed by atoms with Gasteiger partial charge >= 0.3 is 0 Å². The zero-order valence-corrected chi connectivity index (χ0v) is 12.3. The lowest BCUT2D eigenvalue weighted by molar-refractivity contribution is -0.138. The Kier molecular flexibility index (Phi) is 3.79. The van der Waals surface area contributed by atoms with Gasteiger partial charge in [-0.15, -0.1) is 0 Å². The summed E-state index contributed by atoms with van der Waals surface area (Å²) >= 11 is 5.05. The van der Waals surface area contributed by atoms with Crippen molar-refractivity contribution in [2.45, 2.75) is 57.4 Å². The van der Waals surface area contributed by atoms with Gasteiger partial charge in [-0.2, -0.15) is 0 Å². The standard InChI is InChI=1S/C15H24N2OS/c16-14(19)9-17(12-3-1-2-4-12)15(18)13-8-10-5-6-11(13)7-10/h10-13H,1-9H2,(H2,16,19). The Balaban J connectivity index is 1.71. The SMILES string of the molecule is NC(=S)CN(C(=O)C1CC2CCC1C2)C1CCCC1. The molecule has 0 aliphatic heterocycles. The number of amides is 1. The predicted molar refractivity (Wildman–Crippen MR) is 79.7 cm³/mol.